The monoisotopic (exact) mass is 473 g/mol. The Bertz CT molecular complexity index is 1250. The van der Waals surface area contributed by atoms with Crippen molar-refractivity contribution in [3.63, 3.8) is 0 Å². The van der Waals surface area contributed by atoms with E-state index >= 15 is 0 Å². The van der Waals surface area contributed by atoms with Gasteiger partial charge in [0.1, 0.15) is 24.0 Å². The predicted octanol–water partition coefficient (Wildman–Crippen LogP) is 3.27. The topological polar surface area (TPSA) is 127 Å². The number of hydrogen-bond acceptors (Lipinski definition) is 6. The minimum Gasteiger partial charge on any atom is -0.481 e. The lowest BCUT2D eigenvalue weighted by Gasteiger charge is -2.16. The molecule has 3 aromatic rings. The molecule has 9 heteroatoms. The summed E-state index contributed by atoms with van der Waals surface area (Å²) >= 11 is 0. The van der Waals surface area contributed by atoms with Crippen molar-refractivity contribution in [2.45, 2.75) is 12.0 Å². The maximum atomic E-state index is 12.6. The highest BCUT2D eigenvalue weighted by Crippen LogP contribution is 2.44. The number of benzene rings is 2. The van der Waals surface area contributed by atoms with Crippen LogP contribution in [0.3, 0.4) is 0 Å². The van der Waals surface area contributed by atoms with Crippen molar-refractivity contribution in [3.8, 4) is 11.1 Å². The predicted molar refractivity (Wildman–Crippen MR) is 126 cm³/mol. The summed E-state index contributed by atoms with van der Waals surface area (Å²) in [6, 6.07) is 20.0. The van der Waals surface area contributed by atoms with E-state index in [-0.39, 0.29) is 37.3 Å². The van der Waals surface area contributed by atoms with E-state index in [1.54, 1.807) is 6.07 Å². The van der Waals surface area contributed by atoms with E-state index in [9.17, 15) is 19.5 Å². The van der Waals surface area contributed by atoms with Crippen LogP contribution in [0.25, 0.3) is 11.1 Å². The number of carboxylic acids is 1. The van der Waals surface area contributed by atoms with Crippen molar-refractivity contribution in [1.29, 1.82) is 0 Å². The Hall–Kier alpha value is -4.24. The Morgan fingerprint density at radius 1 is 0.943 bits per heavy atom. The fourth-order valence-electron chi connectivity index (χ4n) is 4.55. The van der Waals surface area contributed by atoms with Crippen LogP contribution in [0.15, 0.2) is 66.7 Å². The number of aromatic nitrogens is 1. The maximum Gasteiger partial charge on any atom is 0.412 e. The molecular weight excluding hydrogens is 450 g/mol. The van der Waals surface area contributed by atoms with Gasteiger partial charge in [0.2, 0.25) is 0 Å². The van der Waals surface area contributed by atoms with Crippen molar-refractivity contribution < 1.29 is 29.0 Å². The molecule has 2 heterocycles. The number of carboxylic acid groups (broad SMARTS) is 1. The first-order chi connectivity index (χ1) is 17.0. The molecule has 2 amide bonds. The van der Waals surface area contributed by atoms with Crippen LogP contribution in [0.4, 0.5) is 10.6 Å². The summed E-state index contributed by atoms with van der Waals surface area (Å²) in [5.41, 5.74) is 4.52. The Labute approximate surface area is 201 Å². The zero-order valence-corrected chi connectivity index (χ0v) is 18.6. The molecule has 0 bridgehead atoms. The van der Waals surface area contributed by atoms with Gasteiger partial charge in [-0.25, -0.2) is 9.78 Å². The van der Waals surface area contributed by atoms with Gasteiger partial charge in [-0.15, -0.1) is 0 Å². The molecule has 2 atom stereocenters. The number of ether oxygens (including phenoxy) is 2. The number of amides is 2. The normalized spacial score (nSPS) is 18.4. The first kappa shape index (κ1) is 22.5. The number of anilines is 1. The first-order valence-corrected chi connectivity index (χ1v) is 11.2. The van der Waals surface area contributed by atoms with E-state index in [0.29, 0.717) is 0 Å². The lowest BCUT2D eigenvalue weighted by molar-refractivity contribution is -0.142. The largest absolute Gasteiger partial charge is 0.481 e. The first-order valence-electron chi connectivity index (χ1n) is 11.2. The molecule has 1 saturated heterocycles. The number of nitrogens with zero attached hydrogens (tertiary/aromatic N) is 1. The summed E-state index contributed by atoms with van der Waals surface area (Å²) in [6.45, 7) is 0.301. The second kappa shape index (κ2) is 9.55. The zero-order valence-electron chi connectivity index (χ0n) is 18.6. The van der Waals surface area contributed by atoms with Crippen LogP contribution in [-0.4, -0.2) is 53.9 Å². The lowest BCUT2D eigenvalue weighted by atomic mass is 9.98. The van der Waals surface area contributed by atoms with Crippen molar-refractivity contribution in [3.05, 3.63) is 83.6 Å². The molecule has 3 N–H and O–H groups in total. The van der Waals surface area contributed by atoms with E-state index in [1.807, 2.05) is 36.4 Å². The maximum absolute atomic E-state index is 12.6. The molecule has 1 fully saturated rings. The summed E-state index contributed by atoms with van der Waals surface area (Å²) in [5, 5.41) is 14.4. The van der Waals surface area contributed by atoms with Crippen LogP contribution in [0, 0.1) is 5.92 Å². The molecule has 1 aliphatic carbocycles. The Kier molecular flexibility index (Phi) is 6.15. The Morgan fingerprint density at radius 3 is 2.31 bits per heavy atom. The van der Waals surface area contributed by atoms with Crippen LogP contribution in [-0.2, 0) is 14.3 Å². The van der Waals surface area contributed by atoms with E-state index in [1.165, 1.54) is 12.1 Å². The summed E-state index contributed by atoms with van der Waals surface area (Å²) < 4.78 is 10.7. The van der Waals surface area contributed by atoms with Gasteiger partial charge < -0.3 is 19.9 Å². The third-order valence-electron chi connectivity index (χ3n) is 6.27. The minimum absolute atomic E-state index is 0.0388. The molecule has 5 rings (SSSR count). The van der Waals surface area contributed by atoms with Crippen molar-refractivity contribution in [2.24, 2.45) is 5.92 Å². The van der Waals surface area contributed by atoms with Gasteiger partial charge in [-0.05, 0) is 34.4 Å². The summed E-state index contributed by atoms with van der Waals surface area (Å²) in [4.78, 5) is 40.5. The van der Waals surface area contributed by atoms with Crippen LogP contribution >= 0.6 is 0 Å². The molecule has 9 nitrogen and oxygen atoms in total. The minimum atomic E-state index is -1.04. The van der Waals surface area contributed by atoms with Crippen molar-refractivity contribution in [1.82, 2.24) is 10.3 Å². The Balaban J connectivity index is 1.22. The summed E-state index contributed by atoms with van der Waals surface area (Å²) in [6.07, 6.45) is -0.688. The fraction of sp³-hybridized carbons (Fsp3) is 0.231. The van der Waals surface area contributed by atoms with Crippen LogP contribution in [0.5, 0.6) is 0 Å². The van der Waals surface area contributed by atoms with E-state index < -0.39 is 29.9 Å². The zero-order chi connectivity index (χ0) is 24.4. The number of nitrogens with one attached hydrogen (secondary N) is 2. The molecular formula is C26H23N3O6. The number of carbonyl (C=O) groups is 3. The Morgan fingerprint density at radius 2 is 1.63 bits per heavy atom. The van der Waals surface area contributed by atoms with Gasteiger partial charge in [0.25, 0.3) is 5.91 Å². The van der Waals surface area contributed by atoms with E-state index in [0.717, 1.165) is 22.3 Å². The molecule has 2 aromatic carbocycles. The van der Waals surface area contributed by atoms with Gasteiger partial charge in [0.15, 0.2) is 0 Å². The number of rotatable bonds is 6. The molecule has 2 aliphatic rings. The quantitative estimate of drug-likeness (QED) is 0.501. The van der Waals surface area contributed by atoms with Gasteiger partial charge >= 0.3 is 12.1 Å². The highest BCUT2D eigenvalue weighted by molar-refractivity contribution is 5.94. The highest BCUT2D eigenvalue weighted by atomic mass is 16.5. The highest BCUT2D eigenvalue weighted by Gasteiger charge is 2.35. The molecule has 0 saturated carbocycles. The number of hydrogen-bond donors (Lipinski definition) is 3. The molecule has 1 aliphatic heterocycles. The molecule has 1 aromatic heterocycles. The summed E-state index contributed by atoms with van der Waals surface area (Å²) in [7, 11) is 0. The second-order valence-electron chi connectivity index (χ2n) is 8.42. The average molecular weight is 473 g/mol. The fourth-order valence-corrected chi connectivity index (χ4v) is 4.55. The standard InChI is InChI=1S/C26H23N3O6/c30-24(28-22-14-34-12-20(22)25(31)32)21-10-5-11-23(27-21)29-26(33)35-13-19-17-8-3-1-6-15(17)16-7-2-4-9-18(16)19/h1-11,19-20,22H,12-14H2,(H,28,30)(H,31,32)(H,27,29,33). The summed E-state index contributed by atoms with van der Waals surface area (Å²) in [5.74, 6) is -2.34. The number of fused-ring (bicyclic) bond motifs is 3. The molecule has 0 spiro atoms. The van der Waals surface area contributed by atoms with E-state index in [4.69, 9.17) is 9.47 Å². The van der Waals surface area contributed by atoms with Gasteiger partial charge in [-0.1, -0.05) is 54.6 Å². The smallest absolute Gasteiger partial charge is 0.412 e. The molecule has 2 unspecified atom stereocenters. The van der Waals surface area contributed by atoms with Gasteiger partial charge in [-0.2, -0.15) is 0 Å². The van der Waals surface area contributed by atoms with Gasteiger partial charge in [0, 0.05) is 5.92 Å². The molecule has 178 valence electrons. The molecule has 0 radical (unpaired) electrons. The van der Waals surface area contributed by atoms with Crippen LogP contribution in [0.1, 0.15) is 27.5 Å². The number of aliphatic carboxylic acids is 1. The second-order valence-corrected chi connectivity index (χ2v) is 8.42. The van der Waals surface area contributed by atoms with Crippen LogP contribution in [0.2, 0.25) is 0 Å². The average Bonchev–Trinajstić information content (AvgIpc) is 3.45. The van der Waals surface area contributed by atoms with E-state index in [2.05, 4.69) is 27.8 Å². The molecule has 35 heavy (non-hydrogen) atoms. The van der Waals surface area contributed by atoms with Crippen molar-refractivity contribution in [2.75, 3.05) is 25.1 Å². The van der Waals surface area contributed by atoms with Gasteiger partial charge in [0.05, 0.1) is 19.3 Å². The van der Waals surface area contributed by atoms with Gasteiger partial charge in [-0.3, -0.25) is 14.9 Å². The third kappa shape index (κ3) is 4.58. The van der Waals surface area contributed by atoms with Crippen LogP contribution < -0.4 is 10.6 Å². The third-order valence-corrected chi connectivity index (χ3v) is 6.27. The SMILES string of the molecule is O=C(Nc1cccc(C(=O)NC2COCC2C(=O)O)n1)OCC1c2ccccc2-c2ccccc21. The number of carbonyl (C=O) groups excluding carboxylic acids is 2. The van der Waals surface area contributed by atoms with Crippen molar-refractivity contribution >= 4 is 23.8 Å². The number of pyridine rings is 1. The lowest BCUT2D eigenvalue weighted by Crippen LogP contribution is -2.43.